The summed E-state index contributed by atoms with van der Waals surface area (Å²) in [5.41, 5.74) is 2.59. The zero-order valence-corrected chi connectivity index (χ0v) is 12.6. The summed E-state index contributed by atoms with van der Waals surface area (Å²) < 4.78 is 0. The Morgan fingerprint density at radius 1 is 1.11 bits per heavy atom. The molecule has 0 saturated carbocycles. The molecule has 0 bridgehead atoms. The van der Waals surface area contributed by atoms with Gasteiger partial charge in [0.1, 0.15) is 0 Å². The highest BCUT2D eigenvalue weighted by molar-refractivity contribution is 5.52. The lowest BCUT2D eigenvalue weighted by atomic mass is 10.0. The van der Waals surface area contributed by atoms with Crippen molar-refractivity contribution in [2.24, 2.45) is 0 Å². The Kier molecular flexibility index (Phi) is 8.24. The molecule has 0 saturated heterocycles. The molecule has 1 rings (SSSR count). The molecule has 0 aliphatic carbocycles. The third kappa shape index (κ3) is 6.07. The molecule has 1 unspecified atom stereocenters. The molecule has 1 atom stereocenters. The molecule has 0 aliphatic rings. The molecule has 1 aromatic rings. The van der Waals surface area contributed by atoms with Crippen molar-refractivity contribution in [3.8, 4) is 0 Å². The highest BCUT2D eigenvalue weighted by Gasteiger charge is 2.06. The van der Waals surface area contributed by atoms with Gasteiger partial charge in [-0.3, -0.25) is 0 Å². The number of benzene rings is 1. The molecular formula is C18H29N. The van der Waals surface area contributed by atoms with Crippen molar-refractivity contribution in [1.29, 1.82) is 0 Å². The Balaban J connectivity index is 2.23. The topological polar surface area (TPSA) is 12.0 Å². The summed E-state index contributed by atoms with van der Waals surface area (Å²) in [6, 6.07) is 8.90. The molecule has 0 radical (unpaired) electrons. The fraction of sp³-hybridized carbons (Fsp3) is 0.556. The highest BCUT2D eigenvalue weighted by Crippen LogP contribution is 2.18. The van der Waals surface area contributed by atoms with Crippen LogP contribution in [-0.4, -0.2) is 6.54 Å². The van der Waals surface area contributed by atoms with Crippen molar-refractivity contribution in [2.45, 2.75) is 58.4 Å². The van der Waals surface area contributed by atoms with E-state index >= 15 is 0 Å². The average molecular weight is 259 g/mol. The maximum absolute atomic E-state index is 3.88. The predicted octanol–water partition coefficient (Wildman–Crippen LogP) is 5.34. The first-order valence-electron chi connectivity index (χ1n) is 7.74. The van der Waals surface area contributed by atoms with E-state index in [1.54, 1.807) is 0 Å². The van der Waals surface area contributed by atoms with Crippen molar-refractivity contribution in [2.75, 3.05) is 6.54 Å². The highest BCUT2D eigenvalue weighted by atomic mass is 14.9. The molecule has 0 heterocycles. The van der Waals surface area contributed by atoms with Gasteiger partial charge in [0.15, 0.2) is 0 Å². The molecule has 0 spiro atoms. The zero-order chi connectivity index (χ0) is 13.9. The summed E-state index contributed by atoms with van der Waals surface area (Å²) in [5, 5.41) is 3.62. The normalized spacial score (nSPS) is 12.3. The fourth-order valence-corrected chi connectivity index (χ4v) is 2.42. The molecule has 106 valence electrons. The van der Waals surface area contributed by atoms with E-state index in [2.05, 4.69) is 50.0 Å². The van der Waals surface area contributed by atoms with E-state index in [1.165, 1.54) is 49.7 Å². The van der Waals surface area contributed by atoms with Crippen molar-refractivity contribution >= 4 is 6.08 Å². The van der Waals surface area contributed by atoms with Crippen LogP contribution >= 0.6 is 0 Å². The Bertz CT molecular complexity index is 356. The molecule has 1 nitrogen and oxygen atoms in total. The lowest BCUT2D eigenvalue weighted by Gasteiger charge is -2.16. The Labute approximate surface area is 119 Å². The van der Waals surface area contributed by atoms with Crippen molar-refractivity contribution < 1.29 is 0 Å². The largest absolute Gasteiger partial charge is 0.310 e. The number of rotatable bonds is 10. The standard InChI is InChI=1S/C18H29N/c1-4-6-7-8-9-12-15-19-16(3)18-14-11-10-13-17(18)5-2/h5,10-11,13-14,16,19H,2,4,6-9,12,15H2,1,3H3. The lowest BCUT2D eigenvalue weighted by Crippen LogP contribution is -2.20. The van der Waals surface area contributed by atoms with Crippen molar-refractivity contribution in [3.05, 3.63) is 42.0 Å². The summed E-state index contributed by atoms with van der Waals surface area (Å²) in [4.78, 5) is 0. The fourth-order valence-electron chi connectivity index (χ4n) is 2.42. The summed E-state index contributed by atoms with van der Waals surface area (Å²) in [6.45, 7) is 9.49. The first-order chi connectivity index (χ1) is 9.29. The Morgan fingerprint density at radius 2 is 1.79 bits per heavy atom. The van der Waals surface area contributed by atoms with Gasteiger partial charge in [0.05, 0.1) is 0 Å². The second kappa shape index (κ2) is 9.80. The van der Waals surface area contributed by atoms with E-state index in [-0.39, 0.29) is 0 Å². The molecule has 0 fully saturated rings. The lowest BCUT2D eigenvalue weighted by molar-refractivity contribution is 0.527. The van der Waals surface area contributed by atoms with Gasteiger partial charge in [-0.2, -0.15) is 0 Å². The molecule has 0 aliphatic heterocycles. The third-order valence-electron chi connectivity index (χ3n) is 3.66. The summed E-state index contributed by atoms with van der Waals surface area (Å²) in [7, 11) is 0. The smallest absolute Gasteiger partial charge is 0.0297 e. The van der Waals surface area contributed by atoms with Crippen molar-refractivity contribution in [3.63, 3.8) is 0 Å². The van der Waals surface area contributed by atoms with E-state index in [0.717, 1.165) is 6.54 Å². The molecule has 1 heteroatoms. The van der Waals surface area contributed by atoms with Gasteiger partial charge in [-0.05, 0) is 31.0 Å². The number of hydrogen-bond acceptors (Lipinski definition) is 1. The monoisotopic (exact) mass is 259 g/mol. The third-order valence-corrected chi connectivity index (χ3v) is 3.66. The Hall–Kier alpha value is -1.08. The van der Waals surface area contributed by atoms with Crippen LogP contribution < -0.4 is 5.32 Å². The molecule has 1 aromatic carbocycles. The van der Waals surface area contributed by atoms with Gasteiger partial charge < -0.3 is 5.32 Å². The van der Waals surface area contributed by atoms with Crippen LogP contribution in [0.2, 0.25) is 0 Å². The Morgan fingerprint density at radius 3 is 2.53 bits per heavy atom. The first-order valence-corrected chi connectivity index (χ1v) is 7.74. The second-order valence-electron chi connectivity index (χ2n) is 5.28. The summed E-state index contributed by atoms with van der Waals surface area (Å²) in [5.74, 6) is 0. The minimum atomic E-state index is 0.407. The molecule has 0 amide bonds. The van der Waals surface area contributed by atoms with Crippen LogP contribution in [0.4, 0.5) is 0 Å². The molecule has 19 heavy (non-hydrogen) atoms. The molecular weight excluding hydrogens is 230 g/mol. The van der Waals surface area contributed by atoms with Crippen LogP contribution in [-0.2, 0) is 0 Å². The van der Waals surface area contributed by atoms with Crippen molar-refractivity contribution in [1.82, 2.24) is 5.32 Å². The van der Waals surface area contributed by atoms with Crippen LogP contribution in [0.1, 0.15) is 69.5 Å². The quantitative estimate of drug-likeness (QED) is 0.559. The predicted molar refractivity (Wildman–Crippen MR) is 86.3 cm³/mol. The zero-order valence-electron chi connectivity index (χ0n) is 12.6. The maximum Gasteiger partial charge on any atom is 0.0297 e. The number of nitrogens with one attached hydrogen (secondary N) is 1. The van der Waals surface area contributed by atoms with Gasteiger partial charge in [-0.1, -0.05) is 75.9 Å². The van der Waals surface area contributed by atoms with E-state index in [9.17, 15) is 0 Å². The summed E-state index contributed by atoms with van der Waals surface area (Å²) >= 11 is 0. The van der Waals surface area contributed by atoms with Crippen LogP contribution in [0.3, 0.4) is 0 Å². The van der Waals surface area contributed by atoms with Gasteiger partial charge in [-0.15, -0.1) is 0 Å². The number of hydrogen-bond donors (Lipinski definition) is 1. The van der Waals surface area contributed by atoms with Crippen LogP contribution in [0.5, 0.6) is 0 Å². The molecule has 0 aromatic heterocycles. The number of unbranched alkanes of at least 4 members (excludes halogenated alkanes) is 5. The van der Waals surface area contributed by atoms with Crippen LogP contribution in [0.15, 0.2) is 30.8 Å². The van der Waals surface area contributed by atoms with Gasteiger partial charge in [0.2, 0.25) is 0 Å². The van der Waals surface area contributed by atoms with Gasteiger partial charge in [0, 0.05) is 6.04 Å². The molecule has 1 N–H and O–H groups in total. The van der Waals surface area contributed by atoms with E-state index < -0.39 is 0 Å². The second-order valence-corrected chi connectivity index (χ2v) is 5.28. The van der Waals surface area contributed by atoms with E-state index in [0.29, 0.717) is 6.04 Å². The average Bonchev–Trinajstić information content (AvgIpc) is 2.46. The minimum absolute atomic E-state index is 0.407. The van der Waals surface area contributed by atoms with Crippen LogP contribution in [0.25, 0.3) is 6.08 Å². The van der Waals surface area contributed by atoms with E-state index in [4.69, 9.17) is 0 Å². The van der Waals surface area contributed by atoms with Crippen LogP contribution in [0, 0.1) is 0 Å². The van der Waals surface area contributed by atoms with Gasteiger partial charge >= 0.3 is 0 Å². The first kappa shape index (κ1) is 16.0. The maximum atomic E-state index is 3.88. The van der Waals surface area contributed by atoms with Gasteiger partial charge in [0.25, 0.3) is 0 Å². The van der Waals surface area contributed by atoms with E-state index in [1.807, 2.05) is 6.08 Å². The van der Waals surface area contributed by atoms with Gasteiger partial charge in [-0.25, -0.2) is 0 Å². The minimum Gasteiger partial charge on any atom is -0.310 e. The SMILES string of the molecule is C=Cc1ccccc1C(C)NCCCCCCCC. The summed E-state index contributed by atoms with van der Waals surface area (Å²) in [6.07, 6.45) is 10.1.